The average molecular weight is 456 g/mol. The predicted octanol–water partition coefficient (Wildman–Crippen LogP) is 2.70. The summed E-state index contributed by atoms with van der Waals surface area (Å²) in [6.45, 7) is 1.86. The second-order valence-electron chi connectivity index (χ2n) is 7.81. The van der Waals surface area contributed by atoms with Crippen molar-refractivity contribution in [1.29, 1.82) is 0 Å². The van der Waals surface area contributed by atoms with Gasteiger partial charge in [0.05, 0.1) is 6.61 Å². The molecule has 2 amide bonds. The average Bonchev–Trinajstić information content (AvgIpc) is 3.13. The van der Waals surface area contributed by atoms with E-state index >= 15 is 0 Å². The lowest BCUT2D eigenvalue weighted by Crippen LogP contribution is -2.39. The molecule has 0 radical (unpaired) electrons. The zero-order valence-corrected chi connectivity index (χ0v) is 18.6. The number of fused-ring (bicyclic) bond motifs is 3. The van der Waals surface area contributed by atoms with E-state index in [-0.39, 0.29) is 25.7 Å². The highest BCUT2D eigenvalue weighted by atomic mass is 16.7. The Morgan fingerprint density at radius 1 is 1.03 bits per heavy atom. The Hall–Kier alpha value is -3.43. The molecular weight excluding hydrogens is 428 g/mol. The molecule has 33 heavy (non-hydrogen) atoms. The fraction of sp³-hybridized carbons (Fsp3) is 0.375. The van der Waals surface area contributed by atoms with Crippen LogP contribution in [0.3, 0.4) is 0 Å². The van der Waals surface area contributed by atoms with E-state index in [4.69, 9.17) is 19.4 Å². The van der Waals surface area contributed by atoms with E-state index in [1.54, 1.807) is 6.92 Å². The summed E-state index contributed by atoms with van der Waals surface area (Å²) in [6.07, 6.45) is -1.54. The van der Waals surface area contributed by atoms with Crippen LogP contribution in [0.4, 0.5) is 4.79 Å². The molecule has 0 heterocycles. The van der Waals surface area contributed by atoms with Crippen LogP contribution in [-0.2, 0) is 23.9 Å². The van der Waals surface area contributed by atoms with E-state index in [1.165, 1.54) is 7.11 Å². The van der Waals surface area contributed by atoms with Crippen LogP contribution in [0.15, 0.2) is 48.5 Å². The summed E-state index contributed by atoms with van der Waals surface area (Å²) in [5.74, 6) is -2.29. The lowest BCUT2D eigenvalue weighted by molar-refractivity contribution is -0.166. The third kappa shape index (κ3) is 6.09. The second-order valence-corrected chi connectivity index (χ2v) is 7.81. The highest BCUT2D eigenvalue weighted by Gasteiger charge is 2.29. The maximum absolute atomic E-state index is 12.2. The van der Waals surface area contributed by atoms with Crippen LogP contribution >= 0.6 is 0 Å². The molecule has 2 atom stereocenters. The van der Waals surface area contributed by atoms with Crippen LogP contribution in [0.1, 0.15) is 30.4 Å². The normalized spacial score (nSPS) is 14.0. The number of hydroxylamine groups is 1. The molecule has 1 aliphatic rings. The quantitative estimate of drug-likeness (QED) is 0.444. The zero-order valence-electron chi connectivity index (χ0n) is 18.6. The Balaban J connectivity index is 1.42. The van der Waals surface area contributed by atoms with Gasteiger partial charge in [0.25, 0.3) is 0 Å². The second kappa shape index (κ2) is 11.4. The molecule has 0 saturated heterocycles. The van der Waals surface area contributed by atoms with E-state index in [0.29, 0.717) is 6.42 Å². The molecule has 2 aromatic carbocycles. The lowest BCUT2D eigenvalue weighted by atomic mass is 9.98. The van der Waals surface area contributed by atoms with E-state index in [9.17, 15) is 14.4 Å². The number of aliphatic carboxylic acids is 1. The fourth-order valence-electron chi connectivity index (χ4n) is 3.71. The Morgan fingerprint density at radius 2 is 1.64 bits per heavy atom. The van der Waals surface area contributed by atoms with Gasteiger partial charge in [-0.1, -0.05) is 55.5 Å². The number of rotatable bonds is 11. The molecule has 9 nitrogen and oxygen atoms in total. The molecule has 0 bridgehead atoms. The number of ether oxygens (including phenoxy) is 2. The number of alkyl carbamates (subject to hydrolysis) is 1. The maximum atomic E-state index is 12.2. The molecule has 0 aliphatic heterocycles. The standard InChI is InChI=1S/C24H28N2O7/c1-15(22(27)26-33-21(14-31-2)23(28)29)11-12-25-24(30)32-13-20-18-9-5-3-7-16(18)17-8-4-6-10-19(17)20/h3-10,15,20-21H,11-14H2,1-2H3,(H,25,30)(H,26,27)(H,28,29). The summed E-state index contributed by atoms with van der Waals surface area (Å²) in [7, 11) is 1.33. The van der Waals surface area contributed by atoms with Gasteiger partial charge in [-0.25, -0.2) is 15.1 Å². The molecular formula is C24H28N2O7. The van der Waals surface area contributed by atoms with Gasteiger partial charge in [0.2, 0.25) is 12.0 Å². The summed E-state index contributed by atoms with van der Waals surface area (Å²) < 4.78 is 10.2. The molecule has 2 unspecified atom stereocenters. The van der Waals surface area contributed by atoms with Gasteiger partial charge in [0.15, 0.2) is 0 Å². The smallest absolute Gasteiger partial charge is 0.407 e. The van der Waals surface area contributed by atoms with Crippen molar-refractivity contribution >= 4 is 18.0 Å². The van der Waals surface area contributed by atoms with Gasteiger partial charge in [-0.2, -0.15) is 0 Å². The molecule has 1 aliphatic carbocycles. The summed E-state index contributed by atoms with van der Waals surface area (Å²) in [4.78, 5) is 40.1. The van der Waals surface area contributed by atoms with E-state index in [2.05, 4.69) is 22.9 Å². The van der Waals surface area contributed by atoms with Crippen LogP contribution in [0.25, 0.3) is 11.1 Å². The van der Waals surface area contributed by atoms with Crippen molar-refractivity contribution in [3.63, 3.8) is 0 Å². The Bertz CT molecular complexity index is 949. The van der Waals surface area contributed by atoms with Crippen molar-refractivity contribution < 1.29 is 33.8 Å². The molecule has 0 saturated carbocycles. The number of amides is 2. The molecule has 0 aromatic heterocycles. The monoisotopic (exact) mass is 456 g/mol. The van der Waals surface area contributed by atoms with Crippen LogP contribution in [-0.4, -0.2) is 56.0 Å². The molecule has 0 fully saturated rings. The third-order valence-corrected chi connectivity index (χ3v) is 5.53. The summed E-state index contributed by atoms with van der Waals surface area (Å²) in [5, 5.41) is 11.6. The minimum Gasteiger partial charge on any atom is -0.479 e. The Morgan fingerprint density at radius 3 is 2.21 bits per heavy atom. The first-order chi connectivity index (χ1) is 15.9. The number of carbonyl (C=O) groups excluding carboxylic acids is 2. The van der Waals surface area contributed by atoms with Crippen LogP contribution in [0, 0.1) is 5.92 Å². The van der Waals surface area contributed by atoms with E-state index < -0.39 is 30.0 Å². The lowest BCUT2D eigenvalue weighted by Gasteiger charge is -2.16. The molecule has 2 aromatic rings. The number of hydrogen-bond acceptors (Lipinski definition) is 6. The first kappa shape index (κ1) is 24.2. The predicted molar refractivity (Wildman–Crippen MR) is 119 cm³/mol. The number of nitrogens with one attached hydrogen (secondary N) is 2. The van der Waals surface area contributed by atoms with Gasteiger partial charge in [-0.15, -0.1) is 0 Å². The van der Waals surface area contributed by atoms with Gasteiger partial charge in [-0.3, -0.25) is 9.63 Å². The van der Waals surface area contributed by atoms with E-state index in [0.717, 1.165) is 22.3 Å². The first-order valence-electron chi connectivity index (χ1n) is 10.7. The Labute approximate surface area is 192 Å². The molecule has 3 N–H and O–H groups in total. The Kier molecular flexibility index (Phi) is 8.39. The molecule has 0 spiro atoms. The van der Waals surface area contributed by atoms with E-state index in [1.807, 2.05) is 36.4 Å². The fourth-order valence-corrected chi connectivity index (χ4v) is 3.71. The SMILES string of the molecule is COCC(ONC(=O)C(C)CCNC(=O)OCC1c2ccccc2-c2ccccc21)C(=O)O. The summed E-state index contributed by atoms with van der Waals surface area (Å²) in [5.41, 5.74) is 6.69. The van der Waals surface area contributed by atoms with Crippen molar-refractivity contribution in [3.05, 3.63) is 59.7 Å². The van der Waals surface area contributed by atoms with Crippen molar-refractivity contribution in [2.75, 3.05) is 26.9 Å². The number of benzene rings is 2. The zero-order chi connectivity index (χ0) is 23.8. The minimum atomic E-state index is -1.30. The van der Waals surface area contributed by atoms with Gasteiger partial charge in [0.1, 0.15) is 6.61 Å². The number of hydrogen-bond donors (Lipinski definition) is 3. The number of carboxylic acid groups (broad SMARTS) is 1. The van der Waals surface area contributed by atoms with Gasteiger partial charge in [0, 0.05) is 25.5 Å². The number of carbonyl (C=O) groups is 3. The first-order valence-corrected chi connectivity index (χ1v) is 10.7. The van der Waals surface area contributed by atoms with Crippen LogP contribution in [0.2, 0.25) is 0 Å². The van der Waals surface area contributed by atoms with Crippen molar-refractivity contribution in [2.24, 2.45) is 5.92 Å². The molecule has 9 heteroatoms. The summed E-state index contributed by atoms with van der Waals surface area (Å²) in [6, 6.07) is 16.2. The highest BCUT2D eigenvalue weighted by Crippen LogP contribution is 2.44. The highest BCUT2D eigenvalue weighted by molar-refractivity contribution is 5.79. The maximum Gasteiger partial charge on any atom is 0.407 e. The number of carboxylic acids is 1. The van der Waals surface area contributed by atoms with Crippen LogP contribution in [0.5, 0.6) is 0 Å². The largest absolute Gasteiger partial charge is 0.479 e. The van der Waals surface area contributed by atoms with Gasteiger partial charge >= 0.3 is 12.1 Å². The van der Waals surface area contributed by atoms with Crippen molar-refractivity contribution in [2.45, 2.75) is 25.4 Å². The minimum absolute atomic E-state index is 0.0284. The topological polar surface area (TPSA) is 123 Å². The van der Waals surface area contributed by atoms with Crippen molar-refractivity contribution in [3.8, 4) is 11.1 Å². The summed E-state index contributed by atoms with van der Waals surface area (Å²) >= 11 is 0. The van der Waals surface area contributed by atoms with Crippen molar-refractivity contribution in [1.82, 2.24) is 10.8 Å². The molecule has 176 valence electrons. The number of methoxy groups -OCH3 is 1. The molecule has 3 rings (SSSR count). The third-order valence-electron chi connectivity index (χ3n) is 5.53. The van der Waals surface area contributed by atoms with Gasteiger partial charge < -0.3 is 19.9 Å². The van der Waals surface area contributed by atoms with Gasteiger partial charge in [-0.05, 0) is 28.7 Å². The van der Waals surface area contributed by atoms with Crippen LogP contribution < -0.4 is 10.8 Å².